The highest BCUT2D eigenvalue weighted by atomic mass is 35.5. The van der Waals surface area contributed by atoms with E-state index in [4.69, 9.17) is 32.8 Å². The van der Waals surface area contributed by atoms with E-state index in [2.05, 4.69) is 0 Å². The van der Waals surface area contributed by atoms with Gasteiger partial charge in [0.05, 0.1) is 29.4 Å². The third kappa shape index (κ3) is 4.99. The average molecular weight is 482 g/mol. The van der Waals surface area contributed by atoms with Crippen molar-refractivity contribution in [3.05, 3.63) is 64.7 Å². The van der Waals surface area contributed by atoms with Crippen molar-refractivity contribution in [1.29, 1.82) is 0 Å². The number of aromatic nitrogens is 1. The van der Waals surface area contributed by atoms with E-state index >= 15 is 0 Å². The normalized spacial score (nSPS) is 16.1. The molecule has 1 aliphatic rings. The van der Waals surface area contributed by atoms with Crippen molar-refractivity contribution in [2.45, 2.75) is 26.1 Å². The van der Waals surface area contributed by atoms with Gasteiger partial charge >= 0.3 is 6.09 Å². The lowest BCUT2D eigenvalue weighted by molar-refractivity contribution is 0.0390. The molecule has 9 heteroatoms. The zero-order valence-corrected chi connectivity index (χ0v) is 19.8. The minimum absolute atomic E-state index is 0.172. The van der Waals surface area contributed by atoms with Gasteiger partial charge in [-0.25, -0.2) is 9.78 Å². The first-order valence-corrected chi connectivity index (χ1v) is 11.7. The third-order valence-corrected chi connectivity index (χ3v) is 6.17. The fourth-order valence-corrected chi connectivity index (χ4v) is 4.22. The molecular formula is C25H28ClN5O3. The summed E-state index contributed by atoms with van der Waals surface area (Å²) < 4.78 is 5.18. The van der Waals surface area contributed by atoms with Gasteiger partial charge in [-0.1, -0.05) is 48.9 Å². The molecule has 1 atom stereocenters. The smallest absolute Gasteiger partial charge is 0.411 e. The molecule has 1 saturated heterocycles. The molecule has 0 spiro atoms. The molecule has 8 nitrogen and oxygen atoms in total. The lowest BCUT2D eigenvalue weighted by atomic mass is 10.1. The lowest BCUT2D eigenvalue weighted by Gasteiger charge is -2.38. The number of fused-ring (bicyclic) bond motifs is 1. The van der Waals surface area contributed by atoms with E-state index in [1.807, 2.05) is 37.3 Å². The monoisotopic (exact) mass is 481 g/mol. The van der Waals surface area contributed by atoms with Crippen LogP contribution in [0.15, 0.2) is 48.5 Å². The number of rotatable bonds is 5. The summed E-state index contributed by atoms with van der Waals surface area (Å²) in [6.45, 7) is 3.64. The summed E-state index contributed by atoms with van der Waals surface area (Å²) >= 11 is 6.53. The Bertz CT molecular complexity index is 1200. The molecule has 0 unspecified atom stereocenters. The first-order chi connectivity index (χ1) is 16.4. The van der Waals surface area contributed by atoms with Crippen LogP contribution < -0.4 is 11.5 Å². The first kappa shape index (κ1) is 23.9. The molecular weight excluding hydrogens is 454 g/mol. The van der Waals surface area contributed by atoms with Crippen molar-refractivity contribution < 1.29 is 14.3 Å². The largest absolute Gasteiger partial charge is 0.449 e. The summed E-state index contributed by atoms with van der Waals surface area (Å²) in [7, 11) is 0. The molecule has 0 aliphatic carbocycles. The predicted octanol–water partition coefficient (Wildman–Crippen LogP) is 3.60. The van der Waals surface area contributed by atoms with E-state index in [1.165, 1.54) is 4.90 Å². The van der Waals surface area contributed by atoms with Crippen LogP contribution in [0.2, 0.25) is 5.02 Å². The maximum atomic E-state index is 13.2. The van der Waals surface area contributed by atoms with Crippen LogP contribution in [-0.2, 0) is 11.3 Å². The minimum atomic E-state index is -0.627. The number of hydrogen-bond acceptors (Lipinski definition) is 6. The Labute approximate surface area is 203 Å². The molecule has 3 aromatic rings. The molecule has 1 aromatic heterocycles. The molecule has 34 heavy (non-hydrogen) atoms. The van der Waals surface area contributed by atoms with Crippen LogP contribution in [0.5, 0.6) is 0 Å². The predicted molar refractivity (Wildman–Crippen MR) is 132 cm³/mol. The van der Waals surface area contributed by atoms with Gasteiger partial charge < -0.3 is 21.1 Å². The van der Waals surface area contributed by atoms with Crippen LogP contribution in [0.3, 0.4) is 0 Å². The minimum Gasteiger partial charge on any atom is -0.449 e. The van der Waals surface area contributed by atoms with Gasteiger partial charge in [0.1, 0.15) is 6.17 Å². The van der Waals surface area contributed by atoms with Crippen LogP contribution in [-0.4, -0.2) is 59.2 Å². The Kier molecular flexibility index (Phi) is 7.31. The van der Waals surface area contributed by atoms with Crippen molar-refractivity contribution in [2.75, 3.05) is 26.2 Å². The Hall–Kier alpha value is -3.20. The van der Waals surface area contributed by atoms with Crippen LogP contribution >= 0.6 is 11.6 Å². The average Bonchev–Trinajstić information content (AvgIpc) is 2.86. The van der Waals surface area contributed by atoms with E-state index < -0.39 is 12.3 Å². The zero-order valence-electron chi connectivity index (χ0n) is 19.0. The highest BCUT2D eigenvalue weighted by Crippen LogP contribution is 2.29. The van der Waals surface area contributed by atoms with Crippen LogP contribution in [0.25, 0.3) is 22.2 Å². The number of hydrogen-bond donors (Lipinski definition) is 2. The fraction of sp³-hybridized carbons (Fsp3) is 0.320. The zero-order chi connectivity index (χ0) is 24.2. The number of benzene rings is 2. The number of pyridine rings is 1. The fourth-order valence-electron chi connectivity index (χ4n) is 3.95. The van der Waals surface area contributed by atoms with E-state index in [1.54, 1.807) is 23.1 Å². The van der Waals surface area contributed by atoms with Gasteiger partial charge in [-0.05, 0) is 30.2 Å². The molecule has 4 rings (SSSR count). The number of carbonyl (C=O) groups is 2. The van der Waals surface area contributed by atoms with E-state index in [0.717, 1.165) is 22.9 Å². The number of halogens is 1. The standard InChI is InChI=1S/C25H28ClN5O3/c1-2-11-34-25(33)31-10-9-30(15-23(31)28)24(32)18-7-8-19-20(26)13-21(29-22(19)12-18)17-5-3-16(14-27)4-6-17/h3-8,12-13,23H,2,9-11,14-15,27-28H2,1H3/t23-/m0/s1. The Morgan fingerprint density at radius 1 is 1.15 bits per heavy atom. The summed E-state index contributed by atoms with van der Waals surface area (Å²) in [5.41, 5.74) is 15.6. The molecule has 0 saturated carbocycles. The Balaban J connectivity index is 1.55. The summed E-state index contributed by atoms with van der Waals surface area (Å²) in [5.74, 6) is -0.172. The van der Waals surface area contributed by atoms with E-state index in [9.17, 15) is 9.59 Å². The highest BCUT2D eigenvalue weighted by Gasteiger charge is 2.31. The van der Waals surface area contributed by atoms with Gasteiger partial charge in [-0.2, -0.15) is 0 Å². The molecule has 4 N–H and O–H groups in total. The second kappa shape index (κ2) is 10.4. The highest BCUT2D eigenvalue weighted by molar-refractivity contribution is 6.35. The maximum Gasteiger partial charge on any atom is 0.411 e. The topological polar surface area (TPSA) is 115 Å². The number of piperazine rings is 1. The molecule has 178 valence electrons. The lowest BCUT2D eigenvalue weighted by Crippen LogP contribution is -2.60. The summed E-state index contributed by atoms with van der Waals surface area (Å²) in [4.78, 5) is 33.2. The maximum absolute atomic E-state index is 13.2. The van der Waals surface area contributed by atoms with Crippen LogP contribution in [0, 0.1) is 0 Å². The second-order valence-electron chi connectivity index (χ2n) is 8.25. The van der Waals surface area contributed by atoms with Crippen molar-refractivity contribution in [1.82, 2.24) is 14.8 Å². The summed E-state index contributed by atoms with van der Waals surface area (Å²) in [6.07, 6.45) is -0.337. The van der Waals surface area contributed by atoms with Gasteiger partial charge in [0.2, 0.25) is 0 Å². The van der Waals surface area contributed by atoms with Crippen molar-refractivity contribution in [2.24, 2.45) is 11.5 Å². The molecule has 1 aliphatic heterocycles. The number of ether oxygens (including phenoxy) is 1. The number of carbonyl (C=O) groups excluding carboxylic acids is 2. The van der Waals surface area contributed by atoms with Gasteiger partial charge in [0.15, 0.2) is 0 Å². The van der Waals surface area contributed by atoms with Crippen molar-refractivity contribution in [3.8, 4) is 11.3 Å². The number of amides is 2. The molecule has 2 amide bonds. The quantitative estimate of drug-likeness (QED) is 0.575. The van der Waals surface area contributed by atoms with Crippen molar-refractivity contribution >= 4 is 34.5 Å². The number of nitrogens with two attached hydrogens (primary N) is 2. The van der Waals surface area contributed by atoms with Gasteiger partial charge in [0, 0.05) is 36.1 Å². The summed E-state index contributed by atoms with van der Waals surface area (Å²) in [6, 6.07) is 14.9. The third-order valence-electron chi connectivity index (χ3n) is 5.86. The molecule has 0 bridgehead atoms. The summed E-state index contributed by atoms with van der Waals surface area (Å²) in [5, 5.41) is 1.32. The SMILES string of the molecule is CCCOC(=O)N1CCN(C(=O)c2ccc3c(Cl)cc(-c4ccc(CN)cc4)nc3c2)C[C@H]1N. The second-order valence-corrected chi connectivity index (χ2v) is 8.66. The number of nitrogens with zero attached hydrogens (tertiary/aromatic N) is 3. The van der Waals surface area contributed by atoms with Crippen LogP contribution in [0.1, 0.15) is 29.3 Å². The van der Waals surface area contributed by atoms with Gasteiger partial charge in [-0.15, -0.1) is 0 Å². The van der Waals surface area contributed by atoms with Crippen LogP contribution in [0.4, 0.5) is 4.79 Å². The van der Waals surface area contributed by atoms with Crippen molar-refractivity contribution in [3.63, 3.8) is 0 Å². The van der Waals surface area contributed by atoms with E-state index in [-0.39, 0.29) is 12.5 Å². The Morgan fingerprint density at radius 3 is 2.59 bits per heavy atom. The van der Waals surface area contributed by atoms with Gasteiger partial charge in [0.25, 0.3) is 5.91 Å². The molecule has 2 aromatic carbocycles. The van der Waals surface area contributed by atoms with Gasteiger partial charge in [-0.3, -0.25) is 9.69 Å². The molecule has 0 radical (unpaired) electrons. The van der Waals surface area contributed by atoms with E-state index in [0.29, 0.717) is 48.0 Å². The molecule has 1 fully saturated rings. The molecule has 2 heterocycles. The Morgan fingerprint density at radius 2 is 1.91 bits per heavy atom. The first-order valence-electron chi connectivity index (χ1n) is 11.3.